The van der Waals surface area contributed by atoms with Crippen molar-refractivity contribution in [1.29, 1.82) is 0 Å². The van der Waals surface area contributed by atoms with Gasteiger partial charge in [-0.1, -0.05) is 19.3 Å². The van der Waals surface area contributed by atoms with Crippen LogP contribution in [0.5, 0.6) is 0 Å². The lowest BCUT2D eigenvalue weighted by Gasteiger charge is -2.23. The van der Waals surface area contributed by atoms with Crippen molar-refractivity contribution >= 4 is 11.8 Å². The topological polar surface area (TPSA) is 49.4 Å². The second-order valence-corrected chi connectivity index (χ2v) is 4.65. The van der Waals surface area contributed by atoms with E-state index in [1.807, 2.05) is 13.8 Å². The average Bonchev–Trinajstić information content (AvgIpc) is 2.31. The van der Waals surface area contributed by atoms with Crippen molar-refractivity contribution in [3.63, 3.8) is 0 Å². The molecule has 1 saturated carbocycles. The van der Waals surface area contributed by atoms with E-state index in [0.717, 1.165) is 12.8 Å². The number of nitrogens with one attached hydrogen (secondary N) is 1. The van der Waals surface area contributed by atoms with Crippen molar-refractivity contribution in [2.24, 2.45) is 0 Å². The normalized spacial score (nSPS) is 16.6. The Bertz CT molecular complexity index is 256. The van der Waals surface area contributed by atoms with Crippen LogP contribution in [0, 0.1) is 0 Å². The van der Waals surface area contributed by atoms with Crippen LogP contribution in [0.1, 0.15) is 52.4 Å². The van der Waals surface area contributed by atoms with Gasteiger partial charge in [-0.2, -0.15) is 0 Å². The summed E-state index contributed by atoms with van der Waals surface area (Å²) in [5.74, 6) is -0.183. The fourth-order valence-electron chi connectivity index (χ4n) is 2.35. The lowest BCUT2D eigenvalue weighted by atomic mass is 9.95. The fraction of sp³-hybridized carbons (Fsp3) is 0.846. The van der Waals surface area contributed by atoms with Crippen molar-refractivity contribution in [3.8, 4) is 0 Å². The van der Waals surface area contributed by atoms with Crippen LogP contribution in [0.4, 0.5) is 0 Å². The molecular weight excluding hydrogens is 216 g/mol. The van der Waals surface area contributed by atoms with Crippen LogP contribution in [-0.2, 0) is 9.59 Å². The van der Waals surface area contributed by atoms with Crippen LogP contribution in [-0.4, -0.2) is 35.8 Å². The van der Waals surface area contributed by atoms with Gasteiger partial charge in [0.2, 0.25) is 11.8 Å². The molecule has 0 saturated heterocycles. The van der Waals surface area contributed by atoms with Crippen molar-refractivity contribution in [1.82, 2.24) is 10.2 Å². The van der Waals surface area contributed by atoms with Gasteiger partial charge >= 0.3 is 0 Å². The Hall–Kier alpha value is -1.06. The Kier molecular flexibility index (Phi) is 6.01. The smallest absolute Gasteiger partial charge is 0.231 e. The molecule has 0 aromatic heterocycles. The van der Waals surface area contributed by atoms with Crippen LogP contribution in [0.15, 0.2) is 0 Å². The maximum Gasteiger partial charge on any atom is 0.231 e. The quantitative estimate of drug-likeness (QED) is 0.743. The van der Waals surface area contributed by atoms with Gasteiger partial charge in [0, 0.05) is 19.1 Å². The first-order valence-corrected chi connectivity index (χ1v) is 6.74. The Morgan fingerprint density at radius 1 is 1.12 bits per heavy atom. The van der Waals surface area contributed by atoms with E-state index in [0.29, 0.717) is 19.1 Å². The number of carbonyl (C=O) groups excluding carboxylic acids is 2. The minimum Gasteiger partial charge on any atom is -0.353 e. The van der Waals surface area contributed by atoms with Gasteiger partial charge in [0.15, 0.2) is 0 Å². The van der Waals surface area contributed by atoms with E-state index < -0.39 is 0 Å². The zero-order valence-electron chi connectivity index (χ0n) is 11.0. The molecule has 0 aliphatic heterocycles. The molecule has 0 bridgehead atoms. The Morgan fingerprint density at radius 3 is 2.24 bits per heavy atom. The first kappa shape index (κ1) is 14.0. The summed E-state index contributed by atoms with van der Waals surface area (Å²) in [6.07, 6.45) is 5.77. The van der Waals surface area contributed by atoms with E-state index in [9.17, 15) is 9.59 Å². The molecule has 0 aromatic rings. The number of hydrogen-bond donors (Lipinski definition) is 1. The molecule has 1 N–H and O–H groups in total. The molecule has 4 heteroatoms. The molecule has 1 aliphatic carbocycles. The lowest BCUT2D eigenvalue weighted by Crippen LogP contribution is -2.40. The zero-order chi connectivity index (χ0) is 12.7. The van der Waals surface area contributed by atoms with E-state index in [1.54, 1.807) is 4.90 Å². The monoisotopic (exact) mass is 240 g/mol. The summed E-state index contributed by atoms with van der Waals surface area (Å²) < 4.78 is 0. The highest BCUT2D eigenvalue weighted by Crippen LogP contribution is 2.17. The molecular formula is C13H24N2O2. The molecule has 0 atom stereocenters. The Balaban J connectivity index is 2.30. The van der Waals surface area contributed by atoms with Gasteiger partial charge in [0.05, 0.1) is 0 Å². The van der Waals surface area contributed by atoms with Crippen molar-refractivity contribution < 1.29 is 9.59 Å². The molecule has 1 aliphatic rings. The predicted molar refractivity (Wildman–Crippen MR) is 67.6 cm³/mol. The SMILES string of the molecule is CCN(CC)C(=O)CC(=O)NC1CCCCC1. The first-order chi connectivity index (χ1) is 8.17. The van der Waals surface area contributed by atoms with Crippen LogP contribution in [0.25, 0.3) is 0 Å². The summed E-state index contributed by atoms with van der Waals surface area (Å²) in [6, 6.07) is 0.292. The second kappa shape index (κ2) is 7.30. The van der Waals surface area contributed by atoms with Crippen molar-refractivity contribution in [2.75, 3.05) is 13.1 Å². The molecule has 0 spiro atoms. The van der Waals surface area contributed by atoms with Gasteiger partial charge in [0.1, 0.15) is 6.42 Å². The highest BCUT2D eigenvalue weighted by Gasteiger charge is 2.19. The third kappa shape index (κ3) is 4.75. The van der Waals surface area contributed by atoms with Crippen molar-refractivity contribution in [2.45, 2.75) is 58.4 Å². The summed E-state index contributed by atoms with van der Waals surface area (Å²) in [4.78, 5) is 25.1. The van der Waals surface area contributed by atoms with Gasteiger partial charge in [-0.05, 0) is 26.7 Å². The highest BCUT2D eigenvalue weighted by molar-refractivity contribution is 5.96. The number of hydrogen-bond acceptors (Lipinski definition) is 2. The number of amides is 2. The second-order valence-electron chi connectivity index (χ2n) is 4.65. The molecule has 0 heterocycles. The molecule has 98 valence electrons. The zero-order valence-corrected chi connectivity index (χ0v) is 11.0. The Labute approximate surface area is 104 Å². The summed E-state index contributed by atoms with van der Waals surface area (Å²) in [5, 5.41) is 2.97. The van der Waals surface area contributed by atoms with Crippen LogP contribution in [0.2, 0.25) is 0 Å². The number of carbonyl (C=O) groups is 2. The lowest BCUT2D eigenvalue weighted by molar-refractivity contribution is -0.136. The Morgan fingerprint density at radius 2 is 1.71 bits per heavy atom. The largest absolute Gasteiger partial charge is 0.353 e. The molecule has 0 radical (unpaired) electrons. The molecule has 1 fully saturated rings. The van der Waals surface area contributed by atoms with E-state index in [4.69, 9.17) is 0 Å². The van der Waals surface area contributed by atoms with Gasteiger partial charge in [-0.25, -0.2) is 0 Å². The number of rotatable bonds is 5. The molecule has 0 aromatic carbocycles. The van der Waals surface area contributed by atoms with E-state index in [-0.39, 0.29) is 18.2 Å². The highest BCUT2D eigenvalue weighted by atomic mass is 16.2. The summed E-state index contributed by atoms with van der Waals surface area (Å²) in [7, 11) is 0. The summed E-state index contributed by atoms with van der Waals surface area (Å²) in [5.41, 5.74) is 0. The van der Waals surface area contributed by atoms with Crippen LogP contribution >= 0.6 is 0 Å². The molecule has 2 amide bonds. The maximum atomic E-state index is 11.7. The minimum absolute atomic E-state index is 0.00181. The molecule has 4 nitrogen and oxygen atoms in total. The first-order valence-electron chi connectivity index (χ1n) is 6.74. The summed E-state index contributed by atoms with van der Waals surface area (Å²) in [6.45, 7) is 5.21. The third-order valence-electron chi connectivity index (χ3n) is 3.40. The number of nitrogens with zero attached hydrogens (tertiary/aromatic N) is 1. The van der Waals surface area contributed by atoms with E-state index in [2.05, 4.69) is 5.32 Å². The fourth-order valence-corrected chi connectivity index (χ4v) is 2.35. The molecule has 1 rings (SSSR count). The average molecular weight is 240 g/mol. The van der Waals surface area contributed by atoms with Crippen molar-refractivity contribution in [3.05, 3.63) is 0 Å². The van der Waals surface area contributed by atoms with Gasteiger partial charge in [-0.15, -0.1) is 0 Å². The maximum absolute atomic E-state index is 11.7. The summed E-state index contributed by atoms with van der Waals surface area (Å²) >= 11 is 0. The van der Waals surface area contributed by atoms with Gasteiger partial charge in [0.25, 0.3) is 0 Å². The standard InChI is InChI=1S/C13H24N2O2/c1-3-15(4-2)13(17)10-12(16)14-11-8-6-5-7-9-11/h11H,3-10H2,1-2H3,(H,14,16). The molecule has 0 unspecified atom stereocenters. The predicted octanol–water partition coefficient (Wildman–Crippen LogP) is 1.69. The third-order valence-corrected chi connectivity index (χ3v) is 3.40. The van der Waals surface area contributed by atoms with E-state index >= 15 is 0 Å². The van der Waals surface area contributed by atoms with Crippen LogP contribution in [0.3, 0.4) is 0 Å². The minimum atomic E-state index is -0.117. The van der Waals surface area contributed by atoms with Gasteiger partial charge in [-0.3, -0.25) is 9.59 Å². The van der Waals surface area contributed by atoms with E-state index in [1.165, 1.54) is 19.3 Å². The molecule has 17 heavy (non-hydrogen) atoms. The van der Waals surface area contributed by atoms with Crippen LogP contribution < -0.4 is 5.32 Å². The van der Waals surface area contributed by atoms with Gasteiger partial charge < -0.3 is 10.2 Å².